The molecule has 4 nitrogen and oxygen atoms in total. The van der Waals surface area contributed by atoms with Gasteiger partial charge in [-0.3, -0.25) is 0 Å². The number of aryl methyl sites for hydroxylation is 1. The van der Waals surface area contributed by atoms with Crippen LogP contribution in [0.25, 0.3) is 0 Å². The van der Waals surface area contributed by atoms with E-state index in [1.165, 1.54) is 13.1 Å². The molecule has 0 spiro atoms. The molecule has 0 fully saturated rings. The highest BCUT2D eigenvalue weighted by Crippen LogP contribution is 2.05. The zero-order valence-corrected chi connectivity index (χ0v) is 6.42. The van der Waals surface area contributed by atoms with Crippen LogP contribution in [0.1, 0.15) is 16.2 Å². The van der Waals surface area contributed by atoms with Crippen molar-refractivity contribution in [3.05, 3.63) is 22.7 Å². The highest BCUT2D eigenvalue weighted by Gasteiger charge is 2.01. The Kier molecular flexibility index (Phi) is 2.05. The number of nitrogens with zero attached hydrogens (tertiary/aromatic N) is 2. The van der Waals surface area contributed by atoms with Crippen molar-refractivity contribution in [2.75, 3.05) is 0 Å². The summed E-state index contributed by atoms with van der Waals surface area (Å²) < 4.78 is 0. The van der Waals surface area contributed by atoms with E-state index in [9.17, 15) is 9.90 Å². The van der Waals surface area contributed by atoms with Gasteiger partial charge in [0.1, 0.15) is 10.8 Å². The third-order valence-corrected chi connectivity index (χ3v) is 1.29. The van der Waals surface area contributed by atoms with E-state index < -0.39 is 5.97 Å². The number of carbonyl (C=O) groups excluding carboxylic acids is 1. The van der Waals surface area contributed by atoms with E-state index in [4.69, 9.17) is 11.6 Å². The number of rotatable bonds is 1. The van der Waals surface area contributed by atoms with Gasteiger partial charge in [0.25, 0.3) is 0 Å². The molecule has 0 aliphatic rings. The van der Waals surface area contributed by atoms with Crippen molar-refractivity contribution in [1.29, 1.82) is 0 Å². The van der Waals surface area contributed by atoms with Crippen molar-refractivity contribution in [1.82, 2.24) is 9.97 Å². The van der Waals surface area contributed by atoms with Crippen molar-refractivity contribution < 1.29 is 9.90 Å². The van der Waals surface area contributed by atoms with Gasteiger partial charge < -0.3 is 9.90 Å². The zero-order valence-electron chi connectivity index (χ0n) is 5.67. The molecule has 0 radical (unpaired) electrons. The molecule has 11 heavy (non-hydrogen) atoms. The fourth-order valence-electron chi connectivity index (χ4n) is 0.654. The Morgan fingerprint density at radius 3 is 2.82 bits per heavy atom. The Hall–Kier alpha value is -1.16. The van der Waals surface area contributed by atoms with E-state index in [2.05, 4.69) is 9.97 Å². The molecule has 0 atom stereocenters. The summed E-state index contributed by atoms with van der Waals surface area (Å²) in [5, 5.41) is 10.4. The van der Waals surface area contributed by atoms with Crippen LogP contribution in [0.3, 0.4) is 0 Å². The number of halogens is 1. The molecular formula is C6H4ClN2O2-. The summed E-state index contributed by atoms with van der Waals surface area (Å²) in [5.74, 6) is -1.34. The molecule has 0 aromatic carbocycles. The molecule has 1 rings (SSSR count). The predicted molar refractivity (Wildman–Crippen MR) is 36.1 cm³/mol. The second-order valence-electron chi connectivity index (χ2n) is 1.91. The van der Waals surface area contributed by atoms with Crippen molar-refractivity contribution in [3.63, 3.8) is 0 Å². The van der Waals surface area contributed by atoms with E-state index >= 15 is 0 Å². The van der Waals surface area contributed by atoms with Crippen molar-refractivity contribution in [2.45, 2.75) is 6.92 Å². The Bertz CT molecular complexity index is 301. The summed E-state index contributed by atoms with van der Waals surface area (Å²) in [7, 11) is 0. The smallest absolute Gasteiger partial charge is 0.147 e. The summed E-state index contributed by atoms with van der Waals surface area (Å²) in [6.45, 7) is 1.50. The van der Waals surface area contributed by atoms with Gasteiger partial charge in [-0.15, -0.1) is 0 Å². The number of carbonyl (C=O) groups is 1. The lowest BCUT2D eigenvalue weighted by molar-refractivity contribution is -0.255. The number of hydrogen-bond acceptors (Lipinski definition) is 4. The molecular weight excluding hydrogens is 168 g/mol. The maximum Gasteiger partial charge on any atom is 0.147 e. The lowest BCUT2D eigenvalue weighted by Crippen LogP contribution is -2.25. The van der Waals surface area contributed by atoms with Crippen LogP contribution in [0.5, 0.6) is 0 Å². The molecule has 0 unspecified atom stereocenters. The van der Waals surface area contributed by atoms with E-state index in [0.717, 1.165) is 0 Å². The first-order valence-corrected chi connectivity index (χ1v) is 3.19. The highest BCUT2D eigenvalue weighted by molar-refractivity contribution is 6.29. The molecule has 0 amide bonds. The van der Waals surface area contributed by atoms with Crippen LogP contribution in [0.15, 0.2) is 6.20 Å². The van der Waals surface area contributed by atoms with Gasteiger partial charge in [0, 0.05) is 0 Å². The summed E-state index contributed by atoms with van der Waals surface area (Å²) in [5.41, 5.74) is 0.0897. The minimum Gasteiger partial charge on any atom is -0.543 e. The van der Waals surface area contributed by atoms with Gasteiger partial charge in [-0.2, -0.15) is 0 Å². The molecule has 0 bridgehead atoms. The average Bonchev–Trinajstić information content (AvgIpc) is 1.85. The third-order valence-electron chi connectivity index (χ3n) is 1.11. The van der Waals surface area contributed by atoms with Gasteiger partial charge in [-0.05, 0) is 6.92 Å². The second kappa shape index (κ2) is 2.84. The lowest BCUT2D eigenvalue weighted by Gasteiger charge is -2.03. The Morgan fingerprint density at radius 1 is 1.73 bits per heavy atom. The van der Waals surface area contributed by atoms with E-state index in [1.807, 2.05) is 0 Å². The van der Waals surface area contributed by atoms with Gasteiger partial charge in [-0.1, -0.05) is 11.6 Å². The third kappa shape index (κ3) is 1.65. The monoisotopic (exact) mass is 171 g/mol. The van der Waals surface area contributed by atoms with Gasteiger partial charge in [0.05, 0.1) is 17.9 Å². The van der Waals surface area contributed by atoms with Gasteiger partial charge >= 0.3 is 0 Å². The fraction of sp³-hybridized carbons (Fsp3) is 0.167. The van der Waals surface area contributed by atoms with Crippen LogP contribution in [0, 0.1) is 6.92 Å². The van der Waals surface area contributed by atoms with E-state index in [0.29, 0.717) is 0 Å². The van der Waals surface area contributed by atoms with Crippen molar-refractivity contribution >= 4 is 17.6 Å². The largest absolute Gasteiger partial charge is 0.543 e. The molecule has 0 saturated heterocycles. The second-order valence-corrected chi connectivity index (χ2v) is 2.30. The number of aromatic nitrogens is 2. The maximum absolute atomic E-state index is 10.3. The molecule has 5 heteroatoms. The SMILES string of the molecule is Cc1nc(Cl)cnc1C(=O)[O-]. The first-order chi connectivity index (χ1) is 5.11. The van der Waals surface area contributed by atoms with Crippen molar-refractivity contribution in [3.8, 4) is 0 Å². The molecule has 0 N–H and O–H groups in total. The average molecular weight is 172 g/mol. The fourth-order valence-corrected chi connectivity index (χ4v) is 0.829. The van der Waals surface area contributed by atoms with Crippen LogP contribution < -0.4 is 5.11 Å². The topological polar surface area (TPSA) is 65.9 Å². The van der Waals surface area contributed by atoms with Gasteiger partial charge in [0.2, 0.25) is 0 Å². The Labute approximate surface area is 67.9 Å². The quantitative estimate of drug-likeness (QED) is 0.587. The summed E-state index contributed by atoms with van der Waals surface area (Å²) >= 11 is 5.43. The molecule has 1 aromatic rings. The van der Waals surface area contributed by atoms with Crippen LogP contribution >= 0.6 is 11.6 Å². The van der Waals surface area contributed by atoms with Gasteiger partial charge in [0.15, 0.2) is 0 Å². The normalized spacial score (nSPS) is 9.64. The first-order valence-electron chi connectivity index (χ1n) is 2.81. The van der Waals surface area contributed by atoms with Gasteiger partial charge in [-0.25, -0.2) is 9.97 Å². The highest BCUT2D eigenvalue weighted by atomic mass is 35.5. The van der Waals surface area contributed by atoms with Crippen LogP contribution in [-0.2, 0) is 0 Å². The molecule has 1 heterocycles. The van der Waals surface area contributed by atoms with E-state index in [-0.39, 0.29) is 16.5 Å². The lowest BCUT2D eigenvalue weighted by atomic mass is 10.3. The number of hydrogen-bond donors (Lipinski definition) is 0. The zero-order chi connectivity index (χ0) is 8.43. The summed E-state index contributed by atoms with van der Waals surface area (Å²) in [6.07, 6.45) is 1.17. The predicted octanol–water partition coefficient (Wildman–Crippen LogP) is -0.198. The molecule has 0 aliphatic heterocycles. The summed E-state index contributed by atoms with van der Waals surface area (Å²) in [4.78, 5) is 17.5. The Balaban J connectivity index is 3.20. The van der Waals surface area contributed by atoms with Crippen LogP contribution in [0.4, 0.5) is 0 Å². The molecule has 0 saturated carbocycles. The van der Waals surface area contributed by atoms with Crippen molar-refractivity contribution in [2.24, 2.45) is 0 Å². The first kappa shape index (κ1) is 7.94. The molecule has 1 aromatic heterocycles. The number of carboxylic acid groups (broad SMARTS) is 1. The molecule has 58 valence electrons. The number of aromatic carboxylic acids is 1. The van der Waals surface area contributed by atoms with Crippen LogP contribution in [0.2, 0.25) is 5.15 Å². The van der Waals surface area contributed by atoms with E-state index in [1.54, 1.807) is 0 Å². The van der Waals surface area contributed by atoms with Crippen LogP contribution in [-0.4, -0.2) is 15.9 Å². The number of carboxylic acids is 1. The molecule has 0 aliphatic carbocycles. The summed E-state index contributed by atoms with van der Waals surface area (Å²) in [6, 6.07) is 0. The standard InChI is InChI=1S/C6H5ClN2O2/c1-3-5(6(10)11)8-2-4(7)9-3/h2H,1H3,(H,10,11)/p-1. The minimum atomic E-state index is -1.34. The maximum atomic E-state index is 10.3. The minimum absolute atomic E-state index is 0.172. The Morgan fingerprint density at radius 2 is 2.36 bits per heavy atom.